The van der Waals surface area contributed by atoms with Gasteiger partial charge in [0.25, 0.3) is 0 Å². The molecular formula is C106H70BClN6O4S2. The van der Waals surface area contributed by atoms with E-state index in [4.69, 9.17) is 44.7 Å². The second kappa shape index (κ2) is 29.3. The lowest BCUT2D eigenvalue weighted by molar-refractivity contribution is 0.00578. The number of hydrogen-bond donors (Lipinski definition) is 0. The largest absolute Gasteiger partial charge is 0.494 e. The minimum absolute atomic E-state index is 0.186. The molecule has 0 saturated carbocycles. The molecule has 0 spiro atoms. The van der Waals surface area contributed by atoms with E-state index in [1.807, 2.05) is 78.1 Å². The molecule has 0 N–H and O–H groups in total. The van der Waals surface area contributed by atoms with Crippen LogP contribution in [0.1, 0.15) is 27.7 Å². The normalized spacial score (nSPS) is 13.3. The number of hydrogen-bond acceptors (Lipinski definition) is 12. The number of benzene rings is 17. The van der Waals surface area contributed by atoms with Gasteiger partial charge in [-0.1, -0.05) is 291 Å². The van der Waals surface area contributed by atoms with Gasteiger partial charge in [0.15, 0.2) is 23.3 Å². The molecular weight excluding hydrogens is 1530 g/mol. The van der Waals surface area contributed by atoms with Gasteiger partial charge in [-0.25, -0.2) is 19.9 Å². The van der Waals surface area contributed by atoms with Crippen LogP contribution < -0.4 is 5.46 Å². The lowest BCUT2D eigenvalue weighted by atomic mass is 9.78. The van der Waals surface area contributed by atoms with E-state index in [2.05, 4.69) is 322 Å². The first-order valence-corrected chi connectivity index (χ1v) is 42.1. The molecule has 0 bridgehead atoms. The van der Waals surface area contributed by atoms with Gasteiger partial charge >= 0.3 is 7.12 Å². The van der Waals surface area contributed by atoms with E-state index in [0.717, 1.165) is 99.2 Å². The van der Waals surface area contributed by atoms with Gasteiger partial charge in [0.05, 0.1) is 11.2 Å². The summed E-state index contributed by atoms with van der Waals surface area (Å²) in [6.45, 7) is 8.30. The Morgan fingerprint density at radius 1 is 0.275 bits per heavy atom. The molecule has 6 aromatic heterocycles. The van der Waals surface area contributed by atoms with Crippen LogP contribution >= 0.6 is 34.3 Å². The summed E-state index contributed by atoms with van der Waals surface area (Å²) in [5, 5.41) is 19.5. The third-order valence-corrected chi connectivity index (χ3v) is 26.2. The molecule has 10 nitrogen and oxygen atoms in total. The second-order valence-electron chi connectivity index (χ2n) is 31.5. The van der Waals surface area contributed by atoms with Crippen molar-refractivity contribution >= 4 is 174 Å². The van der Waals surface area contributed by atoms with Gasteiger partial charge in [-0.3, -0.25) is 0 Å². The van der Waals surface area contributed by atoms with Crippen LogP contribution in [-0.4, -0.2) is 48.2 Å². The molecule has 1 fully saturated rings. The van der Waals surface area contributed by atoms with Gasteiger partial charge < -0.3 is 18.1 Å². The summed E-state index contributed by atoms with van der Waals surface area (Å²) in [6.07, 6.45) is 1.63. The highest BCUT2D eigenvalue weighted by Crippen LogP contribution is 2.48. The number of fused-ring (bicyclic) bond motifs is 18. The molecule has 0 aliphatic carbocycles. The number of aromatic nitrogens is 6. The van der Waals surface area contributed by atoms with Crippen LogP contribution in [0.15, 0.2) is 361 Å². The minimum Gasteiger partial charge on any atom is -0.455 e. The van der Waals surface area contributed by atoms with E-state index < -0.39 is 0 Å². The quantitative estimate of drug-likeness (QED) is 0.102. The average molecular weight is 1600 g/mol. The molecule has 0 unspecified atom stereocenters. The zero-order valence-corrected chi connectivity index (χ0v) is 68.0. The zero-order valence-electron chi connectivity index (χ0n) is 65.6. The van der Waals surface area contributed by atoms with Gasteiger partial charge in [0.2, 0.25) is 5.28 Å². The number of rotatable bonds is 9. The molecule has 24 rings (SSSR count). The van der Waals surface area contributed by atoms with E-state index in [1.165, 1.54) is 100 Å². The highest BCUT2D eigenvalue weighted by Gasteiger charge is 2.52. The van der Waals surface area contributed by atoms with Crippen LogP contribution in [0.25, 0.3) is 217 Å². The van der Waals surface area contributed by atoms with Crippen molar-refractivity contribution in [1.29, 1.82) is 0 Å². The monoisotopic (exact) mass is 1600 g/mol. The van der Waals surface area contributed by atoms with Crippen LogP contribution in [0.4, 0.5) is 0 Å². The van der Waals surface area contributed by atoms with Crippen LogP contribution in [0.5, 0.6) is 0 Å². The topological polar surface area (TPSA) is 122 Å². The summed E-state index contributed by atoms with van der Waals surface area (Å²) in [7, 11) is -0.375. The van der Waals surface area contributed by atoms with Crippen LogP contribution in [0.2, 0.25) is 5.28 Å². The van der Waals surface area contributed by atoms with Gasteiger partial charge in [0.1, 0.15) is 28.7 Å². The molecule has 0 radical (unpaired) electrons. The smallest absolute Gasteiger partial charge is 0.455 e. The van der Waals surface area contributed by atoms with Gasteiger partial charge in [-0.2, -0.15) is 9.97 Å². The first-order valence-electron chi connectivity index (χ1n) is 40.1. The molecule has 120 heavy (non-hydrogen) atoms. The minimum atomic E-state index is -0.375. The van der Waals surface area contributed by atoms with Crippen molar-refractivity contribution in [3.63, 3.8) is 0 Å². The Bertz CT molecular complexity index is 8060. The predicted octanol–water partition coefficient (Wildman–Crippen LogP) is 28.9. The van der Waals surface area contributed by atoms with E-state index in [9.17, 15) is 0 Å². The Morgan fingerprint density at radius 3 is 1.25 bits per heavy atom. The van der Waals surface area contributed by atoms with Gasteiger partial charge in [-0.15, -0.1) is 22.7 Å². The summed E-state index contributed by atoms with van der Waals surface area (Å²) in [5.74, 6) is 2.43. The standard InChI is InChI=1S/C47H27N3OS.C35H20ClN3S.C24H23BO3/c1-2-13-32-29(10-1)25-40(35-15-4-3-14-34(32)35)30-22-23-38-43(26-30)52-42-21-9-19-39(44(38)42)47-49-27-48-46(50-47)31-12-7-11-28(24-31)33-17-8-18-37-36-16-5-6-20-41(36)51-45(33)37;36-35-38-33(21-9-2-1-3-10-21)37-34(39-35)28-15-8-16-30-32(28)27-18-17-23(20-31(27)40-30)29-19-22-11-4-5-12-24(22)25-13-6-7-14-26(25)29;1-23(2)24(3,4)28-25(27-23)17-10-7-9-16(15-17)18-12-8-13-20-19-11-5-6-14-21(19)26-22(18)20/h1-27H;1-20H;5-15H,1-4H3. The predicted molar refractivity (Wildman–Crippen MR) is 501 cm³/mol. The Hall–Kier alpha value is -13.9. The number of halogens is 1. The Morgan fingerprint density at radius 2 is 0.683 bits per heavy atom. The van der Waals surface area contributed by atoms with Crippen molar-refractivity contribution in [2.75, 3.05) is 0 Å². The summed E-state index contributed by atoms with van der Waals surface area (Å²) < 4.78 is 29.9. The van der Waals surface area contributed by atoms with Gasteiger partial charge in [0, 0.05) is 95.3 Å². The highest BCUT2D eigenvalue weighted by molar-refractivity contribution is 7.26. The van der Waals surface area contributed by atoms with Crippen molar-refractivity contribution in [1.82, 2.24) is 29.9 Å². The summed E-state index contributed by atoms with van der Waals surface area (Å²) in [4.78, 5) is 28.2. The number of para-hydroxylation sites is 4. The molecule has 570 valence electrons. The van der Waals surface area contributed by atoms with Crippen LogP contribution in [0.3, 0.4) is 0 Å². The SMILES string of the molecule is CC1(C)OB(c2cccc(-c3cccc4c3oc3ccccc34)c2)OC1(C)C.Clc1nc(-c2ccccc2)nc(-c2cccc3sc4cc(-c5cc6ccccc6c6ccccc56)ccc4c23)n1.c1cc(-c2ncnc(-c3cccc4sc5cc(-c6cc7ccccc7c7ccccc67)ccc5c34)n2)cc(-c2cccc3c2oc2ccccc23)c1. The molecule has 1 aliphatic heterocycles. The number of thiophene rings is 2. The van der Waals surface area contributed by atoms with E-state index >= 15 is 0 Å². The van der Waals surface area contributed by atoms with Crippen molar-refractivity contribution < 1.29 is 18.1 Å². The first-order chi connectivity index (χ1) is 58.8. The Labute approximate surface area is 703 Å². The Balaban J connectivity index is 0.000000113. The number of furan rings is 2. The van der Waals surface area contributed by atoms with Gasteiger partial charge in [-0.05, 0) is 176 Å². The molecule has 7 heterocycles. The van der Waals surface area contributed by atoms with Crippen molar-refractivity contribution in [3.8, 4) is 90.1 Å². The third kappa shape index (κ3) is 12.7. The van der Waals surface area contributed by atoms with Crippen molar-refractivity contribution in [2.24, 2.45) is 0 Å². The molecule has 17 aromatic carbocycles. The fourth-order valence-corrected chi connectivity index (χ4v) is 19.8. The molecule has 1 saturated heterocycles. The number of nitrogens with zero attached hydrogens (tertiary/aromatic N) is 6. The highest BCUT2D eigenvalue weighted by atomic mass is 35.5. The molecule has 23 aromatic rings. The fraction of sp³-hybridized carbons (Fsp3) is 0.0566. The van der Waals surface area contributed by atoms with E-state index in [0.29, 0.717) is 23.3 Å². The van der Waals surface area contributed by atoms with E-state index in [-0.39, 0.29) is 23.6 Å². The zero-order chi connectivity index (χ0) is 80.3. The van der Waals surface area contributed by atoms with Crippen molar-refractivity contribution in [2.45, 2.75) is 38.9 Å². The average Bonchev–Trinajstić information content (AvgIpc) is 1.30. The molecule has 0 atom stereocenters. The van der Waals surface area contributed by atoms with Crippen LogP contribution in [-0.2, 0) is 9.31 Å². The first kappa shape index (κ1) is 72.6. The summed E-state index contributed by atoms with van der Waals surface area (Å²) in [6, 6.07) is 121. The maximum Gasteiger partial charge on any atom is 0.494 e. The molecule has 1 aliphatic rings. The second-order valence-corrected chi connectivity index (χ2v) is 34.0. The van der Waals surface area contributed by atoms with Crippen LogP contribution in [0, 0.1) is 0 Å². The van der Waals surface area contributed by atoms with E-state index in [1.54, 1.807) is 17.7 Å². The fourth-order valence-electron chi connectivity index (χ4n) is 17.3. The van der Waals surface area contributed by atoms with Crippen molar-refractivity contribution in [3.05, 3.63) is 357 Å². The maximum absolute atomic E-state index is 6.41. The Kier molecular flexibility index (Phi) is 17.7. The molecule has 0 amide bonds. The maximum atomic E-state index is 6.41. The molecule has 14 heteroatoms. The third-order valence-electron chi connectivity index (χ3n) is 23.8. The lowest BCUT2D eigenvalue weighted by Gasteiger charge is -2.32. The lowest BCUT2D eigenvalue weighted by Crippen LogP contribution is -2.41. The summed E-state index contributed by atoms with van der Waals surface area (Å²) >= 11 is 10.0. The summed E-state index contributed by atoms with van der Waals surface area (Å²) in [5.41, 5.74) is 16.8.